The maximum absolute atomic E-state index is 12.5. The van der Waals surface area contributed by atoms with Gasteiger partial charge in [0.2, 0.25) is 0 Å². The van der Waals surface area contributed by atoms with Crippen LogP contribution in [-0.4, -0.2) is 48.1 Å². The molecule has 1 fully saturated rings. The van der Waals surface area contributed by atoms with E-state index in [1.165, 1.54) is 0 Å². The number of ether oxygens (including phenoxy) is 1. The summed E-state index contributed by atoms with van der Waals surface area (Å²) in [5.41, 5.74) is 0.996. The van der Waals surface area contributed by atoms with Crippen molar-refractivity contribution in [2.45, 2.75) is 57.9 Å². The quantitative estimate of drug-likeness (QED) is 0.845. The Bertz CT molecular complexity index is 668. The van der Waals surface area contributed by atoms with Gasteiger partial charge in [-0.05, 0) is 37.3 Å². The zero-order valence-corrected chi connectivity index (χ0v) is 15.7. The van der Waals surface area contributed by atoms with E-state index in [9.17, 15) is 22.8 Å². The first kappa shape index (κ1) is 21.1. The van der Waals surface area contributed by atoms with Crippen molar-refractivity contribution in [1.82, 2.24) is 10.2 Å². The van der Waals surface area contributed by atoms with E-state index in [4.69, 9.17) is 4.74 Å². The smallest absolute Gasteiger partial charge is 0.471 e. The number of carbonyl (C=O) groups is 2. The van der Waals surface area contributed by atoms with Gasteiger partial charge in [0.05, 0.1) is 0 Å². The summed E-state index contributed by atoms with van der Waals surface area (Å²) in [6.07, 6.45) is -5.03. The highest BCUT2D eigenvalue weighted by atomic mass is 19.4. The van der Waals surface area contributed by atoms with Gasteiger partial charge in [-0.2, -0.15) is 13.2 Å². The van der Waals surface area contributed by atoms with Crippen LogP contribution in [0.1, 0.15) is 45.1 Å². The molecule has 1 aromatic rings. The van der Waals surface area contributed by atoms with Crippen molar-refractivity contribution < 1.29 is 27.5 Å². The van der Waals surface area contributed by atoms with Crippen LogP contribution in [0.2, 0.25) is 0 Å². The molecule has 5 nitrogen and oxygen atoms in total. The maximum Gasteiger partial charge on any atom is 0.471 e. The standard InChI is InChI=1S/C19H25F3N2O3/c1-12(2)15-6-4-5-7-16(15)27-13(3)17(25)23-14-8-10-24(11-9-14)18(26)19(20,21)22/h4-7,12-14H,8-11H2,1-3H3,(H,23,25). The van der Waals surface area contributed by atoms with Crippen molar-refractivity contribution in [3.05, 3.63) is 29.8 Å². The fourth-order valence-electron chi connectivity index (χ4n) is 3.03. The molecule has 1 aromatic carbocycles. The molecule has 27 heavy (non-hydrogen) atoms. The lowest BCUT2D eigenvalue weighted by atomic mass is 10.0. The number of halogens is 3. The maximum atomic E-state index is 12.5. The molecule has 0 aromatic heterocycles. The van der Waals surface area contributed by atoms with Crippen LogP contribution >= 0.6 is 0 Å². The number of rotatable bonds is 5. The van der Waals surface area contributed by atoms with Gasteiger partial charge in [0, 0.05) is 19.1 Å². The monoisotopic (exact) mass is 386 g/mol. The van der Waals surface area contributed by atoms with Crippen molar-refractivity contribution in [3.63, 3.8) is 0 Å². The van der Waals surface area contributed by atoms with E-state index in [0.717, 1.165) is 10.5 Å². The summed E-state index contributed by atoms with van der Waals surface area (Å²) < 4.78 is 43.2. The molecule has 2 rings (SSSR count). The predicted molar refractivity (Wildman–Crippen MR) is 94.4 cm³/mol. The fourth-order valence-corrected chi connectivity index (χ4v) is 3.03. The number of likely N-dealkylation sites (tertiary alicyclic amines) is 1. The predicted octanol–water partition coefficient (Wildman–Crippen LogP) is 3.25. The van der Waals surface area contributed by atoms with Crippen LogP contribution in [-0.2, 0) is 9.59 Å². The van der Waals surface area contributed by atoms with Crippen molar-refractivity contribution in [3.8, 4) is 5.75 Å². The summed E-state index contributed by atoms with van der Waals surface area (Å²) in [6.45, 7) is 5.63. The normalized spacial score (nSPS) is 16.9. The zero-order chi connectivity index (χ0) is 20.2. The Morgan fingerprint density at radius 2 is 1.74 bits per heavy atom. The molecule has 0 aliphatic carbocycles. The van der Waals surface area contributed by atoms with Crippen molar-refractivity contribution in [2.75, 3.05) is 13.1 Å². The number of piperidine rings is 1. The Balaban J connectivity index is 1.87. The second kappa shape index (κ2) is 8.63. The van der Waals surface area contributed by atoms with Gasteiger partial charge in [0.1, 0.15) is 5.75 Å². The van der Waals surface area contributed by atoms with Gasteiger partial charge in [-0.3, -0.25) is 9.59 Å². The minimum atomic E-state index is -4.86. The number of carbonyl (C=O) groups excluding carboxylic acids is 2. The van der Waals surface area contributed by atoms with Crippen molar-refractivity contribution in [2.24, 2.45) is 0 Å². The molecule has 0 bridgehead atoms. The minimum absolute atomic E-state index is 0.0330. The van der Waals surface area contributed by atoms with Crippen LogP contribution in [0.4, 0.5) is 13.2 Å². The SMILES string of the molecule is CC(Oc1ccccc1C(C)C)C(=O)NC1CCN(C(=O)C(F)(F)F)CC1. The number of amides is 2. The van der Waals surface area contributed by atoms with Crippen LogP contribution in [0.5, 0.6) is 5.75 Å². The summed E-state index contributed by atoms with van der Waals surface area (Å²) >= 11 is 0. The highest BCUT2D eigenvalue weighted by molar-refractivity contribution is 5.82. The Hall–Kier alpha value is -2.25. The Morgan fingerprint density at radius 1 is 1.15 bits per heavy atom. The molecule has 0 spiro atoms. The molecule has 150 valence electrons. The van der Waals surface area contributed by atoms with Gasteiger partial charge < -0.3 is 15.0 Å². The number of hydrogen-bond donors (Lipinski definition) is 1. The number of para-hydroxylation sites is 1. The number of benzene rings is 1. The molecule has 0 saturated carbocycles. The van der Waals surface area contributed by atoms with E-state index in [2.05, 4.69) is 5.32 Å². The van der Waals surface area contributed by atoms with Crippen LogP contribution in [0, 0.1) is 0 Å². The summed E-state index contributed by atoms with van der Waals surface area (Å²) in [5.74, 6) is -1.27. The van der Waals surface area contributed by atoms with E-state index < -0.39 is 18.2 Å². The minimum Gasteiger partial charge on any atom is -0.481 e. The summed E-state index contributed by atoms with van der Waals surface area (Å²) in [5, 5.41) is 2.80. The first-order valence-electron chi connectivity index (χ1n) is 9.01. The van der Waals surface area contributed by atoms with Gasteiger partial charge in [-0.1, -0.05) is 32.0 Å². The molecule has 1 aliphatic heterocycles. The third kappa shape index (κ3) is 5.61. The number of hydrogen-bond acceptors (Lipinski definition) is 3. The Kier molecular flexibility index (Phi) is 6.73. The van der Waals surface area contributed by atoms with E-state index in [-0.39, 0.29) is 43.8 Å². The molecule has 8 heteroatoms. The third-order valence-electron chi connectivity index (χ3n) is 4.59. The zero-order valence-electron chi connectivity index (χ0n) is 15.7. The van der Waals surface area contributed by atoms with Crippen LogP contribution in [0.3, 0.4) is 0 Å². The second-order valence-corrected chi connectivity index (χ2v) is 7.03. The highest BCUT2D eigenvalue weighted by Gasteiger charge is 2.43. The Morgan fingerprint density at radius 3 is 2.30 bits per heavy atom. The average Bonchev–Trinajstić information content (AvgIpc) is 2.61. The summed E-state index contributed by atoms with van der Waals surface area (Å²) in [6, 6.07) is 7.21. The molecule has 1 aliphatic rings. The fraction of sp³-hybridized carbons (Fsp3) is 0.579. The lowest BCUT2D eigenvalue weighted by molar-refractivity contribution is -0.186. The topological polar surface area (TPSA) is 58.6 Å². The second-order valence-electron chi connectivity index (χ2n) is 7.03. The van der Waals surface area contributed by atoms with Crippen LogP contribution < -0.4 is 10.1 Å². The molecule has 1 atom stereocenters. The third-order valence-corrected chi connectivity index (χ3v) is 4.59. The van der Waals surface area contributed by atoms with E-state index in [1.54, 1.807) is 13.0 Å². The lowest BCUT2D eigenvalue weighted by Gasteiger charge is -2.33. The van der Waals surface area contributed by atoms with E-state index in [0.29, 0.717) is 5.75 Å². The van der Waals surface area contributed by atoms with Crippen LogP contribution in [0.25, 0.3) is 0 Å². The van der Waals surface area contributed by atoms with Gasteiger partial charge in [0.25, 0.3) is 5.91 Å². The van der Waals surface area contributed by atoms with E-state index >= 15 is 0 Å². The molecule has 1 unspecified atom stereocenters. The first-order valence-corrected chi connectivity index (χ1v) is 9.01. The van der Waals surface area contributed by atoms with Crippen LogP contribution in [0.15, 0.2) is 24.3 Å². The van der Waals surface area contributed by atoms with Gasteiger partial charge in [0.15, 0.2) is 6.10 Å². The highest BCUT2D eigenvalue weighted by Crippen LogP contribution is 2.27. The average molecular weight is 386 g/mol. The molecule has 1 saturated heterocycles. The first-order chi connectivity index (χ1) is 12.6. The van der Waals surface area contributed by atoms with Gasteiger partial charge in [-0.25, -0.2) is 0 Å². The number of nitrogens with one attached hydrogen (secondary N) is 1. The largest absolute Gasteiger partial charge is 0.481 e. The molecule has 2 amide bonds. The molecule has 1 heterocycles. The molecule has 0 radical (unpaired) electrons. The molecular formula is C19H25F3N2O3. The number of nitrogens with zero attached hydrogens (tertiary/aromatic N) is 1. The van der Waals surface area contributed by atoms with Gasteiger partial charge >= 0.3 is 12.1 Å². The molecular weight excluding hydrogens is 361 g/mol. The van der Waals surface area contributed by atoms with Crippen molar-refractivity contribution in [1.29, 1.82) is 0 Å². The Labute approximate surface area is 156 Å². The van der Waals surface area contributed by atoms with E-state index in [1.807, 2.05) is 32.0 Å². The van der Waals surface area contributed by atoms with Gasteiger partial charge in [-0.15, -0.1) is 0 Å². The van der Waals surface area contributed by atoms with Crippen molar-refractivity contribution >= 4 is 11.8 Å². The lowest BCUT2D eigenvalue weighted by Crippen LogP contribution is -2.51. The summed E-state index contributed by atoms with van der Waals surface area (Å²) in [4.78, 5) is 24.4. The number of alkyl halides is 3. The summed E-state index contributed by atoms with van der Waals surface area (Å²) in [7, 11) is 0. The molecule has 1 N–H and O–H groups in total.